The van der Waals surface area contributed by atoms with E-state index in [1.54, 1.807) is 4.90 Å². The molecule has 0 aliphatic carbocycles. The van der Waals surface area contributed by atoms with Crippen LogP contribution in [0.1, 0.15) is 65.5 Å². The number of carbonyl (C=O) groups excluding carboxylic acids is 1. The van der Waals surface area contributed by atoms with Crippen LogP contribution in [0.4, 0.5) is 4.79 Å². The Labute approximate surface area is 172 Å². The summed E-state index contributed by atoms with van der Waals surface area (Å²) in [6, 6.07) is 13.9. The fourth-order valence-electron chi connectivity index (χ4n) is 3.77. The summed E-state index contributed by atoms with van der Waals surface area (Å²) in [6.45, 7) is 11.5. The van der Waals surface area contributed by atoms with E-state index in [2.05, 4.69) is 52.0 Å². The van der Waals surface area contributed by atoms with E-state index in [1.165, 1.54) is 11.1 Å². The molecule has 1 aromatic rings. The summed E-state index contributed by atoms with van der Waals surface area (Å²) < 4.78 is 12.2. The number of ether oxygens (including phenoxy) is 1. The second-order valence-corrected chi connectivity index (χ2v) is 12.5. The standard InChI is InChI=1S/C23H37NO3Si/c1-6-10-14-21(17-24-19(5)18-26-23(24)25)22(20-15-12-11-13-16-20)27-28(7-2,8-3)9-4/h11-13,15-17,19,22H,6-10,14,18H2,1-5H3/b21-17+/t19-,22-/m0/s1. The average molecular weight is 404 g/mol. The third kappa shape index (κ3) is 5.48. The highest BCUT2D eigenvalue weighted by atomic mass is 28.4. The van der Waals surface area contributed by atoms with Gasteiger partial charge in [-0.05, 0) is 49.0 Å². The predicted octanol–water partition coefficient (Wildman–Crippen LogP) is 6.66. The molecule has 0 saturated carbocycles. The van der Waals surface area contributed by atoms with E-state index in [4.69, 9.17) is 9.16 Å². The smallest absolute Gasteiger partial charge is 0.414 e. The lowest BCUT2D eigenvalue weighted by molar-refractivity contribution is 0.165. The summed E-state index contributed by atoms with van der Waals surface area (Å²) in [5.41, 5.74) is 2.36. The monoisotopic (exact) mass is 403 g/mol. The number of hydrogen-bond donors (Lipinski definition) is 0. The van der Waals surface area contributed by atoms with Crippen molar-refractivity contribution in [2.45, 2.75) is 84.2 Å². The van der Waals surface area contributed by atoms with E-state index in [1.807, 2.05) is 19.2 Å². The Morgan fingerprint density at radius 2 is 1.86 bits per heavy atom. The number of cyclic esters (lactones) is 1. The van der Waals surface area contributed by atoms with Crippen molar-refractivity contribution in [3.8, 4) is 0 Å². The normalized spacial score (nSPS) is 19.0. The Morgan fingerprint density at radius 1 is 1.21 bits per heavy atom. The van der Waals surface area contributed by atoms with Gasteiger partial charge in [0.05, 0.1) is 12.1 Å². The summed E-state index contributed by atoms with van der Waals surface area (Å²) in [7, 11) is -1.83. The van der Waals surface area contributed by atoms with Crippen molar-refractivity contribution in [2.24, 2.45) is 0 Å². The van der Waals surface area contributed by atoms with Crippen LogP contribution in [0.25, 0.3) is 0 Å². The van der Waals surface area contributed by atoms with E-state index < -0.39 is 8.32 Å². The first-order chi connectivity index (χ1) is 13.5. The van der Waals surface area contributed by atoms with E-state index >= 15 is 0 Å². The maximum Gasteiger partial charge on any atom is 0.414 e. The van der Waals surface area contributed by atoms with Crippen LogP contribution in [-0.2, 0) is 9.16 Å². The minimum Gasteiger partial charge on any atom is -0.447 e. The molecular weight excluding hydrogens is 366 g/mol. The Hall–Kier alpha value is -1.59. The second kappa shape index (κ2) is 10.8. The molecule has 0 N–H and O–H groups in total. The summed E-state index contributed by atoms with van der Waals surface area (Å²) >= 11 is 0. The molecule has 1 aliphatic rings. The van der Waals surface area contributed by atoms with Crippen LogP contribution in [0.15, 0.2) is 42.1 Å². The molecule has 1 saturated heterocycles. The Balaban J connectivity index is 2.47. The fourth-order valence-corrected chi connectivity index (χ4v) is 6.55. The van der Waals surface area contributed by atoms with E-state index in [0.29, 0.717) is 6.61 Å². The molecule has 1 amide bonds. The predicted molar refractivity (Wildman–Crippen MR) is 118 cm³/mol. The highest BCUT2D eigenvalue weighted by Crippen LogP contribution is 2.37. The molecule has 0 spiro atoms. The molecular formula is C23H37NO3Si. The molecule has 1 aliphatic heterocycles. The van der Waals surface area contributed by atoms with Gasteiger partial charge in [0.2, 0.25) is 0 Å². The Kier molecular flexibility index (Phi) is 8.77. The van der Waals surface area contributed by atoms with Crippen LogP contribution in [0.3, 0.4) is 0 Å². The van der Waals surface area contributed by atoms with E-state index in [0.717, 1.165) is 37.4 Å². The zero-order chi connectivity index (χ0) is 20.6. The molecule has 1 heterocycles. The molecule has 2 atom stereocenters. The summed E-state index contributed by atoms with van der Waals surface area (Å²) in [4.78, 5) is 14.0. The number of nitrogens with zero attached hydrogens (tertiary/aromatic N) is 1. The minimum atomic E-state index is -1.83. The van der Waals surface area contributed by atoms with E-state index in [-0.39, 0.29) is 18.2 Å². The first-order valence-electron chi connectivity index (χ1n) is 10.9. The van der Waals surface area contributed by atoms with Crippen molar-refractivity contribution >= 4 is 14.4 Å². The first kappa shape index (κ1) is 22.7. The molecule has 0 unspecified atom stereocenters. The van der Waals surface area contributed by atoms with Crippen molar-refractivity contribution in [1.29, 1.82) is 0 Å². The summed E-state index contributed by atoms with van der Waals surface area (Å²) in [5.74, 6) is 0. The number of benzene rings is 1. The van der Waals surface area contributed by atoms with Crippen molar-refractivity contribution in [3.63, 3.8) is 0 Å². The maximum absolute atomic E-state index is 12.2. The number of unbranched alkanes of at least 4 members (excludes halogenated alkanes) is 1. The largest absolute Gasteiger partial charge is 0.447 e. The van der Waals surface area contributed by atoms with Gasteiger partial charge in [-0.25, -0.2) is 4.79 Å². The van der Waals surface area contributed by atoms with E-state index in [9.17, 15) is 4.79 Å². The molecule has 0 radical (unpaired) electrons. The third-order valence-corrected chi connectivity index (χ3v) is 10.6. The van der Waals surface area contributed by atoms with Gasteiger partial charge < -0.3 is 9.16 Å². The lowest BCUT2D eigenvalue weighted by atomic mass is 9.97. The number of hydrogen-bond acceptors (Lipinski definition) is 3. The highest BCUT2D eigenvalue weighted by molar-refractivity contribution is 6.73. The van der Waals surface area contributed by atoms with Crippen molar-refractivity contribution < 1.29 is 14.0 Å². The zero-order valence-corrected chi connectivity index (χ0v) is 19.2. The summed E-state index contributed by atoms with van der Waals surface area (Å²) in [5, 5.41) is 0. The Bertz CT molecular complexity index is 634. The highest BCUT2D eigenvalue weighted by Gasteiger charge is 2.35. The number of rotatable bonds is 11. The van der Waals surface area contributed by atoms with Gasteiger partial charge in [0.15, 0.2) is 8.32 Å². The minimum absolute atomic E-state index is 0.0612. The average Bonchev–Trinajstić information content (AvgIpc) is 3.05. The van der Waals surface area contributed by atoms with Gasteiger partial charge in [-0.3, -0.25) is 4.90 Å². The van der Waals surface area contributed by atoms with Crippen molar-refractivity contribution in [2.75, 3.05) is 6.61 Å². The molecule has 1 fully saturated rings. The van der Waals surface area contributed by atoms with Crippen LogP contribution in [0, 0.1) is 0 Å². The van der Waals surface area contributed by atoms with Crippen LogP contribution in [-0.4, -0.2) is 32.0 Å². The molecule has 2 rings (SSSR count). The SMILES string of the molecule is CCCC/C(=C\N1C(=O)OC[C@@H]1C)[C@@H](O[Si](CC)(CC)CC)c1ccccc1. The van der Waals surface area contributed by atoms with Gasteiger partial charge in [-0.2, -0.15) is 0 Å². The summed E-state index contributed by atoms with van der Waals surface area (Å²) in [6.07, 6.45) is 4.78. The third-order valence-electron chi connectivity index (χ3n) is 6.00. The van der Waals surface area contributed by atoms with Crippen molar-refractivity contribution in [1.82, 2.24) is 4.90 Å². The first-order valence-corrected chi connectivity index (χ1v) is 13.4. The molecule has 5 heteroatoms. The lowest BCUT2D eigenvalue weighted by Gasteiger charge is -2.35. The van der Waals surface area contributed by atoms with Gasteiger partial charge in [0.25, 0.3) is 0 Å². The van der Waals surface area contributed by atoms with Gasteiger partial charge in [-0.1, -0.05) is 64.4 Å². The van der Waals surface area contributed by atoms with Crippen LogP contribution >= 0.6 is 0 Å². The zero-order valence-electron chi connectivity index (χ0n) is 18.2. The number of carbonyl (C=O) groups is 1. The van der Waals surface area contributed by atoms with Crippen LogP contribution in [0.2, 0.25) is 18.1 Å². The van der Waals surface area contributed by atoms with Crippen LogP contribution in [0.5, 0.6) is 0 Å². The maximum atomic E-state index is 12.2. The van der Waals surface area contributed by atoms with Gasteiger partial charge >= 0.3 is 6.09 Å². The lowest BCUT2D eigenvalue weighted by Crippen LogP contribution is -2.38. The van der Waals surface area contributed by atoms with Gasteiger partial charge in [0, 0.05) is 6.20 Å². The molecule has 4 nitrogen and oxygen atoms in total. The molecule has 1 aromatic carbocycles. The Morgan fingerprint density at radius 3 is 2.36 bits per heavy atom. The molecule has 0 bridgehead atoms. The molecule has 28 heavy (non-hydrogen) atoms. The second-order valence-electron chi connectivity index (χ2n) is 7.79. The van der Waals surface area contributed by atoms with Crippen LogP contribution < -0.4 is 0 Å². The quantitative estimate of drug-likeness (QED) is 0.388. The van der Waals surface area contributed by atoms with Gasteiger partial charge in [-0.15, -0.1) is 0 Å². The van der Waals surface area contributed by atoms with Gasteiger partial charge in [0.1, 0.15) is 6.61 Å². The molecule has 0 aromatic heterocycles. The van der Waals surface area contributed by atoms with Crippen molar-refractivity contribution in [3.05, 3.63) is 47.7 Å². The topological polar surface area (TPSA) is 38.8 Å². The number of amides is 1. The fraction of sp³-hybridized carbons (Fsp3) is 0.609. The molecule has 156 valence electrons.